The molecular formula is C13H18F3IN6. The van der Waals surface area contributed by atoms with Gasteiger partial charge in [-0.2, -0.15) is 13.2 Å². The normalized spacial score (nSPS) is 13.0. The van der Waals surface area contributed by atoms with Crippen LogP contribution < -0.4 is 11.1 Å². The zero-order valence-corrected chi connectivity index (χ0v) is 15.2. The largest absolute Gasteiger partial charge is 0.417 e. The van der Waals surface area contributed by atoms with E-state index in [0.29, 0.717) is 5.65 Å². The molecule has 0 unspecified atom stereocenters. The molecule has 6 nitrogen and oxygen atoms in total. The summed E-state index contributed by atoms with van der Waals surface area (Å²) in [4.78, 5) is 4.07. The van der Waals surface area contributed by atoms with E-state index in [1.165, 1.54) is 10.5 Å². The lowest BCUT2D eigenvalue weighted by atomic mass is 10.1. The summed E-state index contributed by atoms with van der Waals surface area (Å²) < 4.78 is 39.5. The van der Waals surface area contributed by atoms with Crippen molar-refractivity contribution in [3.05, 3.63) is 29.7 Å². The van der Waals surface area contributed by atoms with Crippen LogP contribution in [0.1, 0.15) is 32.2 Å². The number of pyridine rings is 1. The maximum absolute atomic E-state index is 12.7. The third-order valence-electron chi connectivity index (χ3n) is 2.69. The molecule has 23 heavy (non-hydrogen) atoms. The second kappa shape index (κ2) is 6.89. The number of hydrogen-bond donors (Lipinski definition) is 2. The van der Waals surface area contributed by atoms with E-state index in [1.54, 1.807) is 0 Å². The van der Waals surface area contributed by atoms with Gasteiger partial charge in [0.25, 0.3) is 0 Å². The van der Waals surface area contributed by atoms with E-state index >= 15 is 0 Å². The number of fused-ring (bicyclic) bond motifs is 1. The van der Waals surface area contributed by atoms with Crippen LogP contribution in [0.2, 0.25) is 0 Å². The second-order valence-electron chi connectivity index (χ2n) is 5.84. The molecule has 2 aromatic rings. The molecule has 0 aromatic carbocycles. The van der Waals surface area contributed by atoms with Gasteiger partial charge in [0.15, 0.2) is 17.4 Å². The Morgan fingerprint density at radius 1 is 1.26 bits per heavy atom. The lowest BCUT2D eigenvalue weighted by Gasteiger charge is -2.20. The molecule has 0 aliphatic heterocycles. The highest BCUT2D eigenvalue weighted by atomic mass is 127. The van der Waals surface area contributed by atoms with Crippen molar-refractivity contribution >= 4 is 35.6 Å². The van der Waals surface area contributed by atoms with E-state index in [2.05, 4.69) is 20.5 Å². The Morgan fingerprint density at radius 3 is 2.48 bits per heavy atom. The van der Waals surface area contributed by atoms with Crippen LogP contribution in [0.5, 0.6) is 0 Å². The first-order valence-corrected chi connectivity index (χ1v) is 6.55. The van der Waals surface area contributed by atoms with E-state index < -0.39 is 11.7 Å². The molecule has 0 aliphatic rings. The minimum atomic E-state index is -4.42. The molecule has 0 amide bonds. The van der Waals surface area contributed by atoms with Gasteiger partial charge in [0.2, 0.25) is 0 Å². The van der Waals surface area contributed by atoms with Gasteiger partial charge in [0, 0.05) is 11.7 Å². The summed E-state index contributed by atoms with van der Waals surface area (Å²) in [6.07, 6.45) is -3.47. The monoisotopic (exact) mass is 442 g/mol. The maximum Gasteiger partial charge on any atom is 0.417 e. The van der Waals surface area contributed by atoms with Crippen LogP contribution in [-0.4, -0.2) is 26.1 Å². The molecule has 0 spiro atoms. The van der Waals surface area contributed by atoms with Crippen LogP contribution in [0.3, 0.4) is 0 Å². The van der Waals surface area contributed by atoms with Crippen molar-refractivity contribution < 1.29 is 13.2 Å². The minimum Gasteiger partial charge on any atom is -0.370 e. The summed E-state index contributed by atoms with van der Waals surface area (Å²) in [5, 5.41) is 10.6. The highest BCUT2D eigenvalue weighted by Gasteiger charge is 2.31. The fourth-order valence-electron chi connectivity index (χ4n) is 1.79. The summed E-state index contributed by atoms with van der Waals surface area (Å²) in [5.41, 5.74) is 5.01. The molecule has 2 rings (SSSR count). The van der Waals surface area contributed by atoms with Gasteiger partial charge >= 0.3 is 6.18 Å². The van der Waals surface area contributed by atoms with Crippen molar-refractivity contribution in [2.45, 2.75) is 39.0 Å². The van der Waals surface area contributed by atoms with Crippen molar-refractivity contribution in [2.24, 2.45) is 10.7 Å². The van der Waals surface area contributed by atoms with Crippen LogP contribution in [0, 0.1) is 0 Å². The predicted molar refractivity (Wildman–Crippen MR) is 91.6 cm³/mol. The molecule has 0 bridgehead atoms. The Kier molecular flexibility index (Phi) is 5.83. The quantitative estimate of drug-likeness (QED) is 0.426. The second-order valence-corrected chi connectivity index (χ2v) is 5.84. The molecule has 0 saturated carbocycles. The van der Waals surface area contributed by atoms with Crippen LogP contribution in [0.25, 0.3) is 5.65 Å². The van der Waals surface area contributed by atoms with Gasteiger partial charge in [-0.05, 0) is 32.9 Å². The van der Waals surface area contributed by atoms with Gasteiger partial charge < -0.3 is 11.1 Å². The third-order valence-corrected chi connectivity index (χ3v) is 2.69. The Balaban J connectivity index is 0.00000264. The maximum atomic E-state index is 12.7. The molecule has 0 radical (unpaired) electrons. The minimum absolute atomic E-state index is 0. The fourth-order valence-corrected chi connectivity index (χ4v) is 1.79. The molecule has 10 heteroatoms. The summed E-state index contributed by atoms with van der Waals surface area (Å²) in [7, 11) is 0. The van der Waals surface area contributed by atoms with Crippen LogP contribution >= 0.6 is 24.0 Å². The predicted octanol–water partition coefficient (Wildman–Crippen LogP) is 2.57. The van der Waals surface area contributed by atoms with E-state index in [-0.39, 0.29) is 47.8 Å². The van der Waals surface area contributed by atoms with Gasteiger partial charge in [-0.25, -0.2) is 4.99 Å². The van der Waals surface area contributed by atoms with E-state index in [0.717, 1.165) is 12.3 Å². The molecule has 0 fully saturated rings. The smallest absolute Gasteiger partial charge is 0.370 e. The lowest BCUT2D eigenvalue weighted by molar-refractivity contribution is -0.137. The highest BCUT2D eigenvalue weighted by molar-refractivity contribution is 14.0. The fraction of sp³-hybridized carbons (Fsp3) is 0.462. The summed E-state index contributed by atoms with van der Waals surface area (Å²) in [6, 6.07) is 2.23. The van der Waals surface area contributed by atoms with Crippen molar-refractivity contribution in [3.63, 3.8) is 0 Å². The van der Waals surface area contributed by atoms with Crippen LogP contribution in [0.15, 0.2) is 23.3 Å². The highest BCUT2D eigenvalue weighted by Crippen LogP contribution is 2.29. The van der Waals surface area contributed by atoms with Gasteiger partial charge in [-0.15, -0.1) is 34.2 Å². The molecule has 128 valence electrons. The first kappa shape index (κ1) is 19.5. The average molecular weight is 442 g/mol. The SMILES string of the molecule is CC(C)(C)NC(N)=NCc1nnc2ccc(C(F)(F)F)cn12.I. The van der Waals surface area contributed by atoms with Gasteiger partial charge in [0.05, 0.1) is 5.56 Å². The standard InChI is InChI=1S/C13H17F3N6.HI/c1-12(2,3)19-11(17)18-6-10-21-20-9-5-4-8(7-22(9)10)13(14,15)16;/h4-5,7H,6H2,1-3H3,(H3,17,18,19);1H. The number of aliphatic imine (C=N–C) groups is 1. The van der Waals surface area contributed by atoms with Crippen molar-refractivity contribution in [2.75, 3.05) is 0 Å². The molecule has 2 aromatic heterocycles. The Morgan fingerprint density at radius 2 is 1.91 bits per heavy atom. The number of guanidine groups is 1. The number of nitrogens with two attached hydrogens (primary N) is 1. The number of nitrogens with zero attached hydrogens (tertiary/aromatic N) is 4. The van der Waals surface area contributed by atoms with Gasteiger partial charge in [0.1, 0.15) is 6.54 Å². The van der Waals surface area contributed by atoms with E-state index in [4.69, 9.17) is 5.73 Å². The Bertz CT molecular complexity index is 702. The number of rotatable bonds is 2. The lowest BCUT2D eigenvalue weighted by Crippen LogP contribution is -2.45. The molecule has 0 saturated heterocycles. The first-order valence-electron chi connectivity index (χ1n) is 6.55. The zero-order valence-electron chi connectivity index (χ0n) is 12.8. The average Bonchev–Trinajstić information content (AvgIpc) is 2.75. The molecule has 3 N–H and O–H groups in total. The van der Waals surface area contributed by atoms with Gasteiger partial charge in [-0.1, -0.05) is 0 Å². The third kappa shape index (κ3) is 5.22. The summed E-state index contributed by atoms with van der Waals surface area (Å²) >= 11 is 0. The molecular weight excluding hydrogens is 424 g/mol. The number of halogens is 4. The van der Waals surface area contributed by atoms with Crippen molar-refractivity contribution in [1.29, 1.82) is 0 Å². The van der Waals surface area contributed by atoms with Crippen molar-refractivity contribution in [3.8, 4) is 0 Å². The van der Waals surface area contributed by atoms with Crippen LogP contribution in [0.4, 0.5) is 13.2 Å². The topological polar surface area (TPSA) is 80.6 Å². The molecule has 2 heterocycles. The summed E-state index contributed by atoms with van der Waals surface area (Å²) in [6.45, 7) is 5.77. The Labute approximate surface area is 148 Å². The molecule has 0 aliphatic carbocycles. The Hall–Kier alpha value is -1.59. The number of nitrogens with one attached hydrogen (secondary N) is 1. The number of alkyl halides is 3. The zero-order chi connectivity index (χ0) is 16.5. The van der Waals surface area contributed by atoms with E-state index in [9.17, 15) is 13.2 Å². The van der Waals surface area contributed by atoms with Crippen molar-refractivity contribution in [1.82, 2.24) is 19.9 Å². The first-order chi connectivity index (χ1) is 10.1. The van der Waals surface area contributed by atoms with E-state index in [1.807, 2.05) is 20.8 Å². The van der Waals surface area contributed by atoms with Gasteiger partial charge in [-0.3, -0.25) is 4.40 Å². The van der Waals surface area contributed by atoms with Crippen LogP contribution in [-0.2, 0) is 12.7 Å². The summed E-state index contributed by atoms with van der Waals surface area (Å²) in [5.74, 6) is 0.469. The molecule has 0 atom stereocenters. The number of aromatic nitrogens is 3. The number of hydrogen-bond acceptors (Lipinski definition) is 3.